The highest BCUT2D eigenvalue weighted by Gasteiger charge is 2.30. The molecule has 1 unspecified atom stereocenters. The summed E-state index contributed by atoms with van der Waals surface area (Å²) in [6.07, 6.45) is 1.71. The Morgan fingerprint density at radius 2 is 1.92 bits per heavy atom. The lowest BCUT2D eigenvalue weighted by Gasteiger charge is -2.26. The maximum atomic E-state index is 12.4. The van der Waals surface area contributed by atoms with Crippen LogP contribution < -0.4 is 0 Å². The summed E-state index contributed by atoms with van der Waals surface area (Å²) < 4.78 is 7.62. The van der Waals surface area contributed by atoms with E-state index >= 15 is 0 Å². The van der Waals surface area contributed by atoms with Gasteiger partial charge < -0.3 is 9.30 Å². The van der Waals surface area contributed by atoms with Crippen molar-refractivity contribution in [1.82, 2.24) is 4.57 Å². The van der Waals surface area contributed by atoms with Crippen molar-refractivity contribution in [3.63, 3.8) is 0 Å². The van der Waals surface area contributed by atoms with Crippen molar-refractivity contribution in [2.75, 3.05) is 0 Å². The highest BCUT2D eigenvalue weighted by molar-refractivity contribution is 7.81. The molecule has 0 saturated carbocycles. The topological polar surface area (TPSA) is 31.2 Å². The van der Waals surface area contributed by atoms with E-state index in [-0.39, 0.29) is 18.0 Å². The zero-order valence-electron chi connectivity index (χ0n) is 14.4. The molecule has 1 aromatic heterocycles. The van der Waals surface area contributed by atoms with Crippen molar-refractivity contribution in [2.24, 2.45) is 0 Å². The second-order valence-corrected chi connectivity index (χ2v) is 7.08. The van der Waals surface area contributed by atoms with Gasteiger partial charge in [-0.2, -0.15) is 0 Å². The first-order valence-electron chi connectivity index (χ1n) is 8.48. The monoisotopic (exact) mass is 341 g/mol. The van der Waals surface area contributed by atoms with Gasteiger partial charge in [-0.05, 0) is 51.3 Å². The number of esters is 1. The van der Waals surface area contributed by atoms with E-state index in [4.69, 9.17) is 17.0 Å². The van der Waals surface area contributed by atoms with Crippen LogP contribution in [-0.2, 0) is 16.1 Å². The van der Waals surface area contributed by atoms with Crippen LogP contribution >= 0.6 is 12.2 Å². The number of fused-ring (bicyclic) bond motifs is 1. The van der Waals surface area contributed by atoms with Crippen LogP contribution in [0, 0.1) is 6.92 Å². The summed E-state index contributed by atoms with van der Waals surface area (Å²) >= 11 is 5.71. The second-order valence-electron chi connectivity index (χ2n) is 6.67. The van der Waals surface area contributed by atoms with E-state index in [0.29, 0.717) is 0 Å². The van der Waals surface area contributed by atoms with Gasteiger partial charge in [-0.25, -0.2) is 0 Å². The lowest BCUT2D eigenvalue weighted by Crippen LogP contribution is -2.26. The van der Waals surface area contributed by atoms with Crippen molar-refractivity contribution in [3.05, 3.63) is 58.9 Å². The molecule has 1 aliphatic rings. The summed E-state index contributed by atoms with van der Waals surface area (Å²) in [5.41, 5.74) is 4.31. The van der Waals surface area contributed by atoms with Crippen molar-refractivity contribution in [1.29, 1.82) is 0 Å². The molecule has 4 heteroatoms. The maximum Gasteiger partial charge on any atom is 0.315 e. The van der Waals surface area contributed by atoms with Crippen LogP contribution in [0.3, 0.4) is 0 Å². The molecule has 126 valence electrons. The van der Waals surface area contributed by atoms with E-state index in [1.807, 2.05) is 26.0 Å². The molecule has 2 heterocycles. The van der Waals surface area contributed by atoms with Gasteiger partial charge in [-0.3, -0.25) is 4.79 Å². The number of carbonyl (C=O) groups excluding carboxylic acids is 1. The third-order valence-electron chi connectivity index (χ3n) is 4.43. The van der Waals surface area contributed by atoms with Gasteiger partial charge in [-0.15, -0.1) is 0 Å². The van der Waals surface area contributed by atoms with Crippen LogP contribution in [-0.4, -0.2) is 21.5 Å². The standard InChI is InChI=1S/C20H23NO2S/c1-13(2)23-20(22)16-5-4-12-21-17(16)10-11-18(21)19(24)15-8-6-14(3)7-9-15/h6-11,13,16H,4-5,12H2,1-3H3. The Kier molecular flexibility index (Phi) is 4.86. The van der Waals surface area contributed by atoms with E-state index in [1.54, 1.807) is 0 Å². The second kappa shape index (κ2) is 6.89. The van der Waals surface area contributed by atoms with E-state index < -0.39 is 0 Å². The fraction of sp³-hybridized carbons (Fsp3) is 0.400. The number of nitrogens with zero attached hydrogens (tertiary/aromatic N) is 1. The van der Waals surface area contributed by atoms with Crippen LogP contribution in [0.5, 0.6) is 0 Å². The maximum absolute atomic E-state index is 12.4. The highest BCUT2D eigenvalue weighted by atomic mass is 32.1. The summed E-state index contributed by atoms with van der Waals surface area (Å²) in [5, 5.41) is 0. The number of carbonyl (C=O) groups is 1. The van der Waals surface area contributed by atoms with E-state index in [2.05, 4.69) is 35.8 Å². The van der Waals surface area contributed by atoms with Crippen molar-refractivity contribution < 1.29 is 9.53 Å². The smallest absolute Gasteiger partial charge is 0.315 e. The molecular weight excluding hydrogens is 318 g/mol. The van der Waals surface area contributed by atoms with Crippen molar-refractivity contribution in [2.45, 2.75) is 52.2 Å². The van der Waals surface area contributed by atoms with E-state index in [9.17, 15) is 4.79 Å². The van der Waals surface area contributed by atoms with Gasteiger partial charge in [0.2, 0.25) is 0 Å². The van der Waals surface area contributed by atoms with E-state index in [0.717, 1.165) is 41.2 Å². The Labute approximate surface area is 148 Å². The molecule has 3 rings (SSSR count). The molecule has 1 aliphatic heterocycles. The molecule has 0 radical (unpaired) electrons. The minimum Gasteiger partial charge on any atom is -0.462 e. The Morgan fingerprint density at radius 1 is 1.21 bits per heavy atom. The Morgan fingerprint density at radius 3 is 2.58 bits per heavy atom. The van der Waals surface area contributed by atoms with Gasteiger partial charge in [0.05, 0.1) is 22.6 Å². The number of hydrogen-bond acceptors (Lipinski definition) is 3. The fourth-order valence-electron chi connectivity index (χ4n) is 3.24. The third-order valence-corrected chi connectivity index (χ3v) is 4.87. The van der Waals surface area contributed by atoms with Gasteiger partial charge in [0, 0.05) is 12.2 Å². The molecule has 0 amide bonds. The van der Waals surface area contributed by atoms with Crippen molar-refractivity contribution >= 4 is 23.1 Å². The predicted octanol–water partition coefficient (Wildman–Crippen LogP) is 4.39. The Hall–Kier alpha value is -1.94. The molecule has 3 nitrogen and oxygen atoms in total. The third kappa shape index (κ3) is 3.29. The molecule has 0 bridgehead atoms. The summed E-state index contributed by atoms with van der Waals surface area (Å²) in [5.74, 6) is -0.312. The van der Waals surface area contributed by atoms with E-state index in [1.165, 1.54) is 5.56 Å². The molecule has 24 heavy (non-hydrogen) atoms. The van der Waals surface area contributed by atoms with Gasteiger partial charge in [0.15, 0.2) is 0 Å². The summed E-state index contributed by atoms with van der Waals surface area (Å²) in [6.45, 7) is 6.74. The van der Waals surface area contributed by atoms with Crippen LogP contribution in [0.1, 0.15) is 55.1 Å². The molecule has 2 aromatic rings. The normalized spacial score (nSPS) is 16.8. The van der Waals surface area contributed by atoms with Crippen LogP contribution in [0.2, 0.25) is 0 Å². The average Bonchev–Trinajstić information content (AvgIpc) is 2.98. The largest absolute Gasteiger partial charge is 0.462 e. The molecule has 0 fully saturated rings. The summed E-state index contributed by atoms with van der Waals surface area (Å²) in [6, 6.07) is 12.3. The first kappa shape index (κ1) is 16.9. The zero-order valence-corrected chi connectivity index (χ0v) is 15.2. The number of rotatable bonds is 4. The first-order chi connectivity index (χ1) is 11.5. The molecular formula is C20H23NO2S. The predicted molar refractivity (Wildman–Crippen MR) is 99.6 cm³/mol. The Bertz CT molecular complexity index is 758. The van der Waals surface area contributed by atoms with Gasteiger partial charge >= 0.3 is 5.97 Å². The lowest BCUT2D eigenvalue weighted by molar-refractivity contribution is -0.149. The highest BCUT2D eigenvalue weighted by Crippen LogP contribution is 2.31. The van der Waals surface area contributed by atoms with Gasteiger partial charge in [0.1, 0.15) is 0 Å². The molecule has 0 N–H and O–H groups in total. The minimum atomic E-state index is -0.185. The number of ether oxygens (including phenoxy) is 1. The Balaban J connectivity index is 1.90. The fourth-order valence-corrected chi connectivity index (χ4v) is 3.56. The van der Waals surface area contributed by atoms with Crippen molar-refractivity contribution in [3.8, 4) is 0 Å². The molecule has 0 spiro atoms. The number of aromatic nitrogens is 1. The number of thiocarbonyl (C=S) groups is 1. The summed E-state index contributed by atoms with van der Waals surface area (Å²) in [4.78, 5) is 13.2. The van der Waals surface area contributed by atoms with Crippen LogP contribution in [0.25, 0.3) is 0 Å². The molecule has 1 aromatic carbocycles. The zero-order chi connectivity index (χ0) is 17.3. The first-order valence-corrected chi connectivity index (χ1v) is 8.89. The van der Waals surface area contributed by atoms with Crippen LogP contribution in [0.15, 0.2) is 36.4 Å². The number of hydrogen-bond donors (Lipinski definition) is 0. The number of aryl methyl sites for hydroxylation is 1. The SMILES string of the molecule is Cc1ccc(C(=S)c2ccc3n2CCCC3C(=O)OC(C)C)cc1. The quantitative estimate of drug-likeness (QED) is 0.469. The minimum absolute atomic E-state index is 0.0871. The molecule has 0 aliphatic carbocycles. The molecule has 1 atom stereocenters. The average molecular weight is 341 g/mol. The van der Waals surface area contributed by atoms with Crippen LogP contribution in [0.4, 0.5) is 0 Å². The van der Waals surface area contributed by atoms with Gasteiger partial charge in [-0.1, -0.05) is 42.0 Å². The number of benzene rings is 1. The molecule has 0 saturated heterocycles. The summed E-state index contributed by atoms with van der Waals surface area (Å²) in [7, 11) is 0. The van der Waals surface area contributed by atoms with Gasteiger partial charge in [0.25, 0.3) is 0 Å². The lowest BCUT2D eigenvalue weighted by atomic mass is 9.96.